The molecule has 0 aromatic carbocycles. The SMILES string of the molecule is CC(C)=CC(=O)O[C@H]1C(C)(C)C2CC[C@@H](C)C23C=CC(=O)[C@@]13C. The third-order valence-corrected chi connectivity index (χ3v) is 6.94. The van der Waals surface area contributed by atoms with Crippen LogP contribution < -0.4 is 0 Å². The summed E-state index contributed by atoms with van der Waals surface area (Å²) in [5.74, 6) is 0.609. The first-order valence-electron chi connectivity index (χ1n) is 8.67. The molecule has 1 spiro atoms. The Bertz CT molecular complexity index is 623. The smallest absolute Gasteiger partial charge is 0.331 e. The molecule has 0 saturated heterocycles. The van der Waals surface area contributed by atoms with E-state index in [4.69, 9.17) is 4.74 Å². The fraction of sp³-hybridized carbons (Fsp3) is 0.700. The van der Waals surface area contributed by atoms with Gasteiger partial charge in [-0.25, -0.2) is 4.79 Å². The average Bonchev–Trinajstić information content (AvgIpc) is 2.95. The largest absolute Gasteiger partial charge is 0.458 e. The van der Waals surface area contributed by atoms with Crippen molar-refractivity contribution >= 4 is 11.8 Å². The second-order valence-electron chi connectivity index (χ2n) is 8.72. The Morgan fingerprint density at radius 1 is 1.26 bits per heavy atom. The zero-order chi connectivity index (χ0) is 17.2. The molecule has 0 aromatic rings. The number of hydrogen-bond donors (Lipinski definition) is 0. The zero-order valence-electron chi connectivity index (χ0n) is 15.1. The Morgan fingerprint density at radius 3 is 2.52 bits per heavy atom. The van der Waals surface area contributed by atoms with E-state index < -0.39 is 5.41 Å². The lowest BCUT2D eigenvalue weighted by molar-refractivity contribution is -0.161. The number of ether oxygens (including phenoxy) is 1. The predicted molar refractivity (Wildman–Crippen MR) is 89.7 cm³/mol. The van der Waals surface area contributed by atoms with Crippen LogP contribution in [0.15, 0.2) is 23.8 Å². The van der Waals surface area contributed by atoms with Crippen LogP contribution in [0.3, 0.4) is 0 Å². The van der Waals surface area contributed by atoms with Gasteiger partial charge in [-0.15, -0.1) is 0 Å². The van der Waals surface area contributed by atoms with Gasteiger partial charge in [0, 0.05) is 16.9 Å². The minimum absolute atomic E-state index is 0.122. The third kappa shape index (κ3) is 1.82. The average molecular weight is 316 g/mol. The van der Waals surface area contributed by atoms with E-state index in [2.05, 4.69) is 26.8 Å². The molecule has 2 unspecified atom stereocenters. The number of carbonyl (C=O) groups is 2. The van der Waals surface area contributed by atoms with Gasteiger partial charge in [0.1, 0.15) is 6.10 Å². The van der Waals surface area contributed by atoms with E-state index in [1.54, 1.807) is 6.08 Å². The van der Waals surface area contributed by atoms with Crippen molar-refractivity contribution in [2.75, 3.05) is 0 Å². The van der Waals surface area contributed by atoms with E-state index in [0.717, 1.165) is 18.4 Å². The van der Waals surface area contributed by atoms with Crippen molar-refractivity contribution in [1.29, 1.82) is 0 Å². The highest BCUT2D eigenvalue weighted by atomic mass is 16.5. The Balaban J connectivity index is 2.09. The number of allylic oxidation sites excluding steroid dienone is 3. The molecule has 0 heterocycles. The zero-order valence-corrected chi connectivity index (χ0v) is 15.1. The van der Waals surface area contributed by atoms with Crippen LogP contribution in [-0.4, -0.2) is 17.9 Å². The summed E-state index contributed by atoms with van der Waals surface area (Å²) in [6.07, 6.45) is 7.26. The summed E-state index contributed by atoms with van der Waals surface area (Å²) in [4.78, 5) is 25.2. The molecule has 0 aliphatic heterocycles. The van der Waals surface area contributed by atoms with E-state index in [-0.39, 0.29) is 28.7 Å². The van der Waals surface area contributed by atoms with Crippen molar-refractivity contribution in [1.82, 2.24) is 0 Å². The monoisotopic (exact) mass is 316 g/mol. The number of esters is 1. The van der Waals surface area contributed by atoms with Crippen molar-refractivity contribution in [3.63, 3.8) is 0 Å². The van der Waals surface area contributed by atoms with E-state index in [9.17, 15) is 9.59 Å². The fourth-order valence-electron chi connectivity index (χ4n) is 6.09. The molecule has 0 N–H and O–H groups in total. The summed E-state index contributed by atoms with van der Waals surface area (Å²) in [5.41, 5.74) is -0.0910. The molecule has 3 aliphatic rings. The van der Waals surface area contributed by atoms with Crippen LogP contribution in [0.4, 0.5) is 0 Å². The second kappa shape index (κ2) is 4.81. The predicted octanol–water partition coefficient (Wildman–Crippen LogP) is 4.08. The van der Waals surface area contributed by atoms with Crippen molar-refractivity contribution in [3.05, 3.63) is 23.8 Å². The first-order valence-corrected chi connectivity index (χ1v) is 8.67. The standard InChI is InChI=1S/C20H28O3/c1-12(2)11-16(22)23-17-18(4,5)14-8-7-13(3)20(14)10-9-15(21)19(17,20)6/h9-11,13-14,17H,7-8H2,1-6H3/t13-,14?,17+,19+,20?/m1/s1. The van der Waals surface area contributed by atoms with Gasteiger partial charge in [-0.1, -0.05) is 32.4 Å². The van der Waals surface area contributed by atoms with Crippen LogP contribution in [0.2, 0.25) is 0 Å². The van der Waals surface area contributed by atoms with E-state index in [1.165, 1.54) is 6.08 Å². The molecule has 2 fully saturated rings. The lowest BCUT2D eigenvalue weighted by Crippen LogP contribution is -2.48. The van der Waals surface area contributed by atoms with Crippen molar-refractivity contribution in [3.8, 4) is 0 Å². The van der Waals surface area contributed by atoms with Gasteiger partial charge in [0.05, 0.1) is 5.41 Å². The molecule has 5 atom stereocenters. The topological polar surface area (TPSA) is 43.4 Å². The molecular formula is C20H28O3. The molecular weight excluding hydrogens is 288 g/mol. The molecule has 3 heteroatoms. The molecule has 3 aliphatic carbocycles. The number of carbonyl (C=O) groups excluding carboxylic acids is 2. The Labute approximate surface area is 139 Å². The van der Waals surface area contributed by atoms with Gasteiger partial charge in [0.15, 0.2) is 5.78 Å². The highest BCUT2D eigenvalue weighted by Gasteiger charge is 2.77. The molecule has 0 bridgehead atoms. The second-order valence-corrected chi connectivity index (χ2v) is 8.72. The molecule has 126 valence electrons. The molecule has 23 heavy (non-hydrogen) atoms. The molecule has 0 aromatic heterocycles. The van der Waals surface area contributed by atoms with Crippen LogP contribution in [0.1, 0.15) is 54.4 Å². The van der Waals surface area contributed by atoms with Gasteiger partial charge in [-0.2, -0.15) is 0 Å². The lowest BCUT2D eigenvalue weighted by atomic mass is 9.61. The normalized spacial score (nSPS) is 43.2. The van der Waals surface area contributed by atoms with Gasteiger partial charge in [0.25, 0.3) is 0 Å². The van der Waals surface area contributed by atoms with E-state index >= 15 is 0 Å². The molecule has 3 nitrogen and oxygen atoms in total. The van der Waals surface area contributed by atoms with Gasteiger partial charge in [-0.3, -0.25) is 4.79 Å². The van der Waals surface area contributed by atoms with Crippen molar-refractivity contribution < 1.29 is 14.3 Å². The molecule has 3 rings (SSSR count). The summed E-state index contributed by atoms with van der Waals surface area (Å²) in [5, 5.41) is 0. The minimum Gasteiger partial charge on any atom is -0.458 e. The van der Waals surface area contributed by atoms with Crippen LogP contribution in [0.5, 0.6) is 0 Å². The first-order chi connectivity index (χ1) is 10.6. The van der Waals surface area contributed by atoms with E-state index in [1.807, 2.05) is 20.8 Å². The summed E-state index contributed by atoms with van der Waals surface area (Å²) < 4.78 is 5.93. The van der Waals surface area contributed by atoms with Crippen LogP contribution in [-0.2, 0) is 14.3 Å². The molecule has 0 amide bonds. The van der Waals surface area contributed by atoms with Gasteiger partial charge >= 0.3 is 5.97 Å². The van der Waals surface area contributed by atoms with Crippen LogP contribution in [0.25, 0.3) is 0 Å². The first kappa shape index (κ1) is 16.5. The summed E-state index contributed by atoms with van der Waals surface area (Å²) in [7, 11) is 0. The summed E-state index contributed by atoms with van der Waals surface area (Å²) >= 11 is 0. The Morgan fingerprint density at radius 2 is 1.91 bits per heavy atom. The number of rotatable bonds is 2. The highest BCUT2D eigenvalue weighted by Crippen LogP contribution is 2.75. The van der Waals surface area contributed by atoms with Crippen LogP contribution >= 0.6 is 0 Å². The maximum atomic E-state index is 12.9. The van der Waals surface area contributed by atoms with E-state index in [0.29, 0.717) is 11.8 Å². The number of ketones is 1. The lowest BCUT2D eigenvalue weighted by Gasteiger charge is -2.41. The highest BCUT2D eigenvalue weighted by molar-refractivity contribution is 6.00. The summed E-state index contributed by atoms with van der Waals surface area (Å²) in [6.45, 7) is 12.4. The molecule has 0 radical (unpaired) electrons. The number of hydrogen-bond acceptors (Lipinski definition) is 3. The van der Waals surface area contributed by atoms with Crippen LogP contribution in [0, 0.1) is 28.1 Å². The molecule has 2 saturated carbocycles. The maximum absolute atomic E-state index is 12.9. The van der Waals surface area contributed by atoms with Gasteiger partial charge in [-0.05, 0) is 51.5 Å². The van der Waals surface area contributed by atoms with Gasteiger partial charge < -0.3 is 4.74 Å². The third-order valence-electron chi connectivity index (χ3n) is 6.94. The fourth-order valence-corrected chi connectivity index (χ4v) is 6.09. The Kier molecular flexibility index (Phi) is 3.45. The van der Waals surface area contributed by atoms with Crippen molar-refractivity contribution in [2.24, 2.45) is 28.1 Å². The maximum Gasteiger partial charge on any atom is 0.331 e. The quantitative estimate of drug-likeness (QED) is 0.569. The van der Waals surface area contributed by atoms with Gasteiger partial charge in [0.2, 0.25) is 0 Å². The minimum atomic E-state index is -0.637. The Hall–Kier alpha value is -1.38. The van der Waals surface area contributed by atoms with Crippen molar-refractivity contribution in [2.45, 2.75) is 60.5 Å². The summed E-state index contributed by atoms with van der Waals surface area (Å²) in [6, 6.07) is 0.